The van der Waals surface area contributed by atoms with Gasteiger partial charge >= 0.3 is 0 Å². The van der Waals surface area contributed by atoms with Crippen LogP contribution < -0.4 is 5.32 Å². The number of aromatic amines is 1. The third kappa shape index (κ3) is 2.35. The lowest BCUT2D eigenvalue weighted by Gasteiger charge is -2.43. The Bertz CT molecular complexity index is 729. The van der Waals surface area contributed by atoms with Gasteiger partial charge in [0, 0.05) is 24.0 Å². The molecule has 2 aromatic rings. The molecular formula is C18H23N3O2. The molecule has 5 nitrogen and oxygen atoms in total. The Hall–Kier alpha value is -1.85. The molecule has 0 aliphatic carbocycles. The van der Waals surface area contributed by atoms with E-state index in [-0.39, 0.29) is 11.5 Å². The van der Waals surface area contributed by atoms with Gasteiger partial charge in [-0.3, -0.25) is 4.79 Å². The number of hydrogen-bond acceptors (Lipinski definition) is 3. The van der Waals surface area contributed by atoms with E-state index in [1.165, 1.54) is 22.2 Å². The number of fused-ring (bicyclic) bond motifs is 4. The molecule has 2 aliphatic rings. The average molecular weight is 313 g/mol. The number of hydrogen-bond donors (Lipinski definition) is 2. The van der Waals surface area contributed by atoms with Gasteiger partial charge in [0.15, 0.2) is 0 Å². The van der Waals surface area contributed by atoms with Crippen molar-refractivity contribution in [3.05, 3.63) is 35.5 Å². The van der Waals surface area contributed by atoms with Crippen molar-refractivity contribution in [1.29, 1.82) is 0 Å². The number of carbonyl (C=O) groups excluding carboxylic acids is 1. The molecule has 2 N–H and O–H groups in total. The Labute approximate surface area is 136 Å². The Morgan fingerprint density at radius 2 is 2.13 bits per heavy atom. The van der Waals surface area contributed by atoms with E-state index in [9.17, 15) is 4.79 Å². The summed E-state index contributed by atoms with van der Waals surface area (Å²) in [7, 11) is 1.81. The number of nitrogens with zero attached hydrogens (tertiary/aromatic N) is 1. The average Bonchev–Trinajstić information content (AvgIpc) is 2.96. The van der Waals surface area contributed by atoms with Crippen molar-refractivity contribution >= 4 is 16.8 Å². The first kappa shape index (κ1) is 14.7. The molecular weight excluding hydrogens is 290 g/mol. The normalized spacial score (nSPS) is 20.0. The summed E-state index contributed by atoms with van der Waals surface area (Å²) in [5.74, 6) is 0.176. The molecule has 0 saturated carbocycles. The van der Waals surface area contributed by atoms with Crippen LogP contribution in [0.2, 0.25) is 0 Å². The van der Waals surface area contributed by atoms with E-state index >= 15 is 0 Å². The lowest BCUT2D eigenvalue weighted by atomic mass is 9.83. The van der Waals surface area contributed by atoms with E-state index in [2.05, 4.69) is 34.6 Å². The van der Waals surface area contributed by atoms with Crippen molar-refractivity contribution in [1.82, 2.24) is 15.2 Å². The zero-order chi connectivity index (χ0) is 15.9. The first-order chi connectivity index (χ1) is 11.2. The third-order valence-electron chi connectivity index (χ3n) is 5.25. The summed E-state index contributed by atoms with van der Waals surface area (Å²) in [4.78, 5) is 17.6. The smallest absolute Gasteiger partial charge is 0.236 e. The molecule has 0 radical (unpaired) electrons. The molecule has 0 bridgehead atoms. The standard InChI is InChI=1S/C18H23N3O2/c1-19-12-16(22)21-9-7-18(8-10-21)17-14(6-11-23-18)13-4-2-3-5-15(13)20-17/h2-5,19-20H,6-12H2,1H3. The van der Waals surface area contributed by atoms with Crippen molar-refractivity contribution in [2.45, 2.75) is 24.9 Å². The predicted molar refractivity (Wildman–Crippen MR) is 89.4 cm³/mol. The highest BCUT2D eigenvalue weighted by molar-refractivity contribution is 5.85. The van der Waals surface area contributed by atoms with Gasteiger partial charge in [0.25, 0.3) is 0 Å². The van der Waals surface area contributed by atoms with E-state index in [1.54, 1.807) is 0 Å². The van der Waals surface area contributed by atoms with Crippen LogP contribution in [0.15, 0.2) is 24.3 Å². The van der Waals surface area contributed by atoms with Crippen LogP contribution in [0.1, 0.15) is 24.1 Å². The number of nitrogens with one attached hydrogen (secondary N) is 2. The van der Waals surface area contributed by atoms with Crippen LogP contribution in [0.3, 0.4) is 0 Å². The molecule has 1 spiro atoms. The van der Waals surface area contributed by atoms with E-state index in [0.29, 0.717) is 6.54 Å². The number of rotatable bonds is 2. The van der Waals surface area contributed by atoms with Crippen LogP contribution >= 0.6 is 0 Å². The number of amides is 1. The minimum atomic E-state index is -0.247. The zero-order valence-electron chi connectivity index (χ0n) is 13.5. The first-order valence-electron chi connectivity index (χ1n) is 8.40. The molecule has 23 heavy (non-hydrogen) atoms. The second-order valence-electron chi connectivity index (χ2n) is 6.53. The summed E-state index contributed by atoms with van der Waals surface area (Å²) >= 11 is 0. The van der Waals surface area contributed by atoms with Gasteiger partial charge in [-0.1, -0.05) is 18.2 Å². The quantitative estimate of drug-likeness (QED) is 0.888. The fraction of sp³-hybridized carbons (Fsp3) is 0.500. The van der Waals surface area contributed by atoms with Crippen molar-refractivity contribution in [2.24, 2.45) is 0 Å². The van der Waals surface area contributed by atoms with Crippen LogP contribution in [0.4, 0.5) is 0 Å². The van der Waals surface area contributed by atoms with Gasteiger partial charge in [0.2, 0.25) is 5.91 Å². The first-order valence-corrected chi connectivity index (χ1v) is 8.40. The van der Waals surface area contributed by atoms with Crippen molar-refractivity contribution < 1.29 is 9.53 Å². The molecule has 1 saturated heterocycles. The molecule has 1 aromatic heterocycles. The van der Waals surface area contributed by atoms with Gasteiger partial charge in [-0.05, 0) is 37.9 Å². The van der Waals surface area contributed by atoms with Gasteiger partial charge in [-0.25, -0.2) is 0 Å². The van der Waals surface area contributed by atoms with E-state index in [1.807, 2.05) is 11.9 Å². The van der Waals surface area contributed by atoms with Crippen molar-refractivity contribution in [2.75, 3.05) is 33.3 Å². The minimum absolute atomic E-state index is 0.176. The monoisotopic (exact) mass is 313 g/mol. The molecule has 4 rings (SSSR count). The molecule has 1 fully saturated rings. The van der Waals surface area contributed by atoms with Crippen LogP contribution in [-0.2, 0) is 21.6 Å². The third-order valence-corrected chi connectivity index (χ3v) is 5.25. The van der Waals surface area contributed by atoms with Crippen LogP contribution in [0, 0.1) is 0 Å². The summed E-state index contributed by atoms with van der Waals surface area (Å²) in [6.07, 6.45) is 2.69. The summed E-state index contributed by atoms with van der Waals surface area (Å²) in [5.41, 5.74) is 3.59. The van der Waals surface area contributed by atoms with Gasteiger partial charge in [0.1, 0.15) is 5.60 Å². The molecule has 3 heterocycles. The highest BCUT2D eigenvalue weighted by atomic mass is 16.5. The zero-order valence-corrected chi connectivity index (χ0v) is 13.5. The Balaban J connectivity index is 1.63. The molecule has 0 unspecified atom stereocenters. The second-order valence-corrected chi connectivity index (χ2v) is 6.53. The Morgan fingerprint density at radius 1 is 1.35 bits per heavy atom. The highest BCUT2D eigenvalue weighted by Gasteiger charge is 2.43. The number of para-hydroxylation sites is 1. The van der Waals surface area contributed by atoms with Crippen LogP contribution in [0.5, 0.6) is 0 Å². The van der Waals surface area contributed by atoms with Crippen molar-refractivity contribution in [3.63, 3.8) is 0 Å². The van der Waals surface area contributed by atoms with E-state index in [0.717, 1.165) is 39.0 Å². The summed E-state index contributed by atoms with van der Waals surface area (Å²) < 4.78 is 6.27. The maximum Gasteiger partial charge on any atom is 0.236 e. The highest BCUT2D eigenvalue weighted by Crippen LogP contribution is 2.43. The summed E-state index contributed by atoms with van der Waals surface area (Å²) in [6, 6.07) is 8.48. The van der Waals surface area contributed by atoms with E-state index in [4.69, 9.17) is 4.74 Å². The fourth-order valence-electron chi connectivity index (χ4n) is 4.04. The maximum absolute atomic E-state index is 12.1. The molecule has 122 valence electrons. The summed E-state index contributed by atoms with van der Waals surface area (Å²) in [6.45, 7) is 2.69. The largest absolute Gasteiger partial charge is 0.368 e. The number of carbonyl (C=O) groups is 1. The lowest BCUT2D eigenvalue weighted by molar-refractivity contribution is -0.140. The molecule has 5 heteroatoms. The van der Waals surface area contributed by atoms with Crippen LogP contribution in [-0.4, -0.2) is 49.1 Å². The fourth-order valence-corrected chi connectivity index (χ4v) is 4.04. The molecule has 1 aromatic carbocycles. The topological polar surface area (TPSA) is 57.4 Å². The second kappa shape index (κ2) is 5.65. The number of benzene rings is 1. The molecule has 1 amide bonds. The summed E-state index contributed by atoms with van der Waals surface area (Å²) in [5, 5.41) is 4.26. The minimum Gasteiger partial charge on any atom is -0.368 e. The van der Waals surface area contributed by atoms with Gasteiger partial charge in [0.05, 0.1) is 18.8 Å². The maximum atomic E-state index is 12.1. The molecule has 2 aliphatic heterocycles. The van der Waals surface area contributed by atoms with Crippen molar-refractivity contribution in [3.8, 4) is 0 Å². The lowest BCUT2D eigenvalue weighted by Crippen LogP contribution is -2.50. The number of piperidine rings is 1. The Morgan fingerprint density at radius 3 is 2.91 bits per heavy atom. The van der Waals surface area contributed by atoms with E-state index < -0.39 is 0 Å². The number of aromatic nitrogens is 1. The SMILES string of the molecule is CNCC(=O)N1CCC2(CC1)OCCc1c2[nH]c2ccccc12. The van der Waals surface area contributed by atoms with Crippen LogP contribution in [0.25, 0.3) is 10.9 Å². The number of H-pyrrole nitrogens is 1. The predicted octanol–water partition coefficient (Wildman–Crippen LogP) is 1.78. The van der Waals surface area contributed by atoms with Gasteiger partial charge in [-0.15, -0.1) is 0 Å². The number of likely N-dealkylation sites (tertiary alicyclic amines) is 1. The number of ether oxygens (including phenoxy) is 1. The van der Waals surface area contributed by atoms with Gasteiger partial charge < -0.3 is 19.9 Å². The van der Waals surface area contributed by atoms with Gasteiger partial charge in [-0.2, -0.15) is 0 Å². The Kier molecular flexibility index (Phi) is 3.62. The molecule has 0 atom stereocenters. The number of likely N-dealkylation sites (N-methyl/N-ethyl adjacent to an activating group) is 1.